The number of nitrogens with zero attached hydrogens (tertiary/aromatic N) is 2. The van der Waals surface area contributed by atoms with Crippen LogP contribution in [0.1, 0.15) is 73.3 Å². The summed E-state index contributed by atoms with van der Waals surface area (Å²) in [6.07, 6.45) is 2.35. The number of carbonyl (C=O) groups excluding carboxylic acids is 1. The number of imidazole rings is 1. The lowest BCUT2D eigenvalue weighted by molar-refractivity contribution is 0.0229. The second kappa shape index (κ2) is 12.1. The highest BCUT2D eigenvalue weighted by atomic mass is 16.6. The molecule has 0 bridgehead atoms. The van der Waals surface area contributed by atoms with Gasteiger partial charge in [-0.15, -0.1) is 0 Å². The van der Waals surface area contributed by atoms with Crippen molar-refractivity contribution >= 4 is 6.09 Å². The summed E-state index contributed by atoms with van der Waals surface area (Å²) in [5.74, 6) is 0.784. The maximum atomic E-state index is 12.0. The molecule has 5 heteroatoms. The summed E-state index contributed by atoms with van der Waals surface area (Å²) in [7, 11) is 0. The van der Waals surface area contributed by atoms with Crippen molar-refractivity contribution in [2.75, 3.05) is 6.54 Å². The summed E-state index contributed by atoms with van der Waals surface area (Å²) in [5, 5.41) is 0. The molecule has 1 amide bonds. The zero-order valence-corrected chi connectivity index (χ0v) is 15.9. The number of amides is 1. The molecule has 0 saturated heterocycles. The molecular weight excluding hydrogens is 278 g/mol. The van der Waals surface area contributed by atoms with Gasteiger partial charge >= 0.3 is 6.09 Å². The molecule has 0 aromatic carbocycles. The zero-order valence-electron chi connectivity index (χ0n) is 15.9. The topological polar surface area (TPSA) is 58.2 Å². The van der Waals surface area contributed by atoms with E-state index in [1.165, 1.54) is 0 Å². The van der Waals surface area contributed by atoms with E-state index >= 15 is 0 Å². The number of hydrogen-bond donors (Lipinski definition) is 1. The highest BCUT2D eigenvalue weighted by Crippen LogP contribution is 2.12. The molecule has 0 radical (unpaired) electrons. The summed E-state index contributed by atoms with van der Waals surface area (Å²) in [6.45, 7) is 18.7. The van der Waals surface area contributed by atoms with Crippen molar-refractivity contribution < 1.29 is 9.53 Å². The fourth-order valence-corrected chi connectivity index (χ4v) is 1.56. The number of hydrogen-bond acceptors (Lipinski definition) is 3. The number of carbonyl (C=O) groups is 1. The fraction of sp³-hybridized carbons (Fsp3) is 0.765. The van der Waals surface area contributed by atoms with Gasteiger partial charge in [-0.1, -0.05) is 34.6 Å². The molecule has 0 spiro atoms. The van der Waals surface area contributed by atoms with E-state index < -0.39 is 5.60 Å². The first-order chi connectivity index (χ1) is 10.3. The van der Waals surface area contributed by atoms with E-state index in [0.717, 1.165) is 17.9 Å². The highest BCUT2D eigenvalue weighted by Gasteiger charge is 2.22. The smallest absolute Gasteiger partial charge is 0.410 e. The SMILES string of the molecule is CC.CC.CCCN(Cc1ncc(C)[nH]1)C(=O)OC(C)(C)C. The second-order valence-electron chi connectivity index (χ2n) is 5.41. The summed E-state index contributed by atoms with van der Waals surface area (Å²) in [5.41, 5.74) is 0.521. The molecule has 0 fully saturated rings. The largest absolute Gasteiger partial charge is 0.444 e. The first kappa shape index (κ1) is 22.8. The Morgan fingerprint density at radius 3 is 2.18 bits per heavy atom. The Morgan fingerprint density at radius 2 is 1.82 bits per heavy atom. The molecule has 0 aliphatic rings. The van der Waals surface area contributed by atoms with E-state index in [0.29, 0.717) is 13.1 Å². The van der Waals surface area contributed by atoms with Gasteiger partial charge in [0.15, 0.2) is 0 Å². The minimum absolute atomic E-state index is 0.293. The standard InChI is InChI=1S/C13H23N3O2.2C2H6/c1-6-7-16(12(17)18-13(3,4)5)9-11-14-8-10(2)15-11;2*1-2/h8H,6-7,9H2,1-5H3,(H,14,15);2*1-2H3. The van der Waals surface area contributed by atoms with Crippen LogP contribution < -0.4 is 0 Å². The van der Waals surface area contributed by atoms with E-state index in [9.17, 15) is 4.79 Å². The number of aryl methyl sites for hydroxylation is 1. The first-order valence-corrected chi connectivity index (χ1v) is 8.30. The maximum Gasteiger partial charge on any atom is 0.410 e. The van der Waals surface area contributed by atoms with Crippen LogP contribution in [0.25, 0.3) is 0 Å². The molecular formula is C17H35N3O2. The zero-order chi connectivity index (χ0) is 17.8. The van der Waals surface area contributed by atoms with Crippen LogP contribution in [0, 0.1) is 6.92 Å². The third-order valence-electron chi connectivity index (χ3n) is 2.24. The van der Waals surface area contributed by atoms with Gasteiger partial charge in [0.05, 0.1) is 6.54 Å². The predicted molar refractivity (Wildman–Crippen MR) is 93.0 cm³/mol. The number of ether oxygens (including phenoxy) is 1. The Labute approximate surface area is 136 Å². The van der Waals surface area contributed by atoms with Gasteiger partial charge in [-0.25, -0.2) is 9.78 Å². The quantitative estimate of drug-likeness (QED) is 0.858. The van der Waals surface area contributed by atoms with E-state index in [2.05, 4.69) is 9.97 Å². The van der Waals surface area contributed by atoms with Crippen molar-refractivity contribution in [3.8, 4) is 0 Å². The fourth-order valence-electron chi connectivity index (χ4n) is 1.56. The Bertz CT molecular complexity index is 395. The van der Waals surface area contributed by atoms with E-state index in [1.807, 2.05) is 62.3 Å². The van der Waals surface area contributed by atoms with Gasteiger partial charge in [-0.2, -0.15) is 0 Å². The van der Waals surface area contributed by atoms with Crippen molar-refractivity contribution in [3.05, 3.63) is 17.7 Å². The number of aromatic nitrogens is 2. The average molecular weight is 313 g/mol. The van der Waals surface area contributed by atoms with Gasteiger partial charge in [0.25, 0.3) is 0 Å². The van der Waals surface area contributed by atoms with Crippen molar-refractivity contribution in [1.29, 1.82) is 0 Å². The molecule has 1 rings (SSSR count). The molecule has 0 aliphatic carbocycles. The molecule has 1 N–H and O–H groups in total. The van der Waals surface area contributed by atoms with Gasteiger partial charge < -0.3 is 14.6 Å². The van der Waals surface area contributed by atoms with Crippen LogP contribution in [-0.4, -0.2) is 33.1 Å². The molecule has 130 valence electrons. The molecule has 1 aromatic rings. The third-order valence-corrected chi connectivity index (χ3v) is 2.24. The lowest BCUT2D eigenvalue weighted by Gasteiger charge is -2.26. The van der Waals surface area contributed by atoms with Crippen LogP contribution >= 0.6 is 0 Å². The van der Waals surface area contributed by atoms with Crippen LogP contribution in [0.15, 0.2) is 6.20 Å². The predicted octanol–water partition coefficient (Wildman–Crippen LogP) is 4.92. The number of aromatic amines is 1. The molecule has 5 nitrogen and oxygen atoms in total. The van der Waals surface area contributed by atoms with Crippen LogP contribution in [-0.2, 0) is 11.3 Å². The van der Waals surface area contributed by atoms with Crippen molar-refractivity contribution in [1.82, 2.24) is 14.9 Å². The number of H-pyrrole nitrogens is 1. The summed E-state index contributed by atoms with van der Waals surface area (Å²) < 4.78 is 5.38. The van der Waals surface area contributed by atoms with E-state index in [-0.39, 0.29) is 6.09 Å². The summed E-state index contributed by atoms with van der Waals surface area (Å²) in [4.78, 5) is 21.0. The van der Waals surface area contributed by atoms with Gasteiger partial charge in [0, 0.05) is 18.4 Å². The Hall–Kier alpha value is -1.52. The lowest BCUT2D eigenvalue weighted by atomic mass is 10.2. The van der Waals surface area contributed by atoms with Crippen molar-refractivity contribution in [2.24, 2.45) is 0 Å². The number of nitrogens with one attached hydrogen (secondary N) is 1. The molecule has 0 atom stereocenters. The van der Waals surface area contributed by atoms with Crippen LogP contribution in [0.2, 0.25) is 0 Å². The molecule has 0 aliphatic heterocycles. The molecule has 22 heavy (non-hydrogen) atoms. The van der Waals surface area contributed by atoms with E-state index in [1.54, 1.807) is 11.1 Å². The minimum atomic E-state index is -0.470. The van der Waals surface area contributed by atoms with Gasteiger partial charge in [-0.3, -0.25) is 0 Å². The Balaban J connectivity index is 0. The molecule has 0 unspecified atom stereocenters. The minimum Gasteiger partial charge on any atom is -0.444 e. The number of rotatable bonds is 4. The average Bonchev–Trinajstić information content (AvgIpc) is 2.86. The molecule has 1 heterocycles. The van der Waals surface area contributed by atoms with Crippen LogP contribution in [0.3, 0.4) is 0 Å². The Kier molecular flexibility index (Phi) is 12.5. The van der Waals surface area contributed by atoms with Gasteiger partial charge in [-0.05, 0) is 34.1 Å². The molecule has 0 saturated carbocycles. The maximum absolute atomic E-state index is 12.0. The Morgan fingerprint density at radius 1 is 1.27 bits per heavy atom. The third kappa shape index (κ3) is 10.2. The van der Waals surface area contributed by atoms with Gasteiger partial charge in [0.1, 0.15) is 11.4 Å². The normalized spacial score (nSPS) is 9.86. The summed E-state index contributed by atoms with van der Waals surface area (Å²) in [6, 6.07) is 0. The van der Waals surface area contributed by atoms with Crippen LogP contribution in [0.4, 0.5) is 4.79 Å². The molecule has 1 aromatic heterocycles. The first-order valence-electron chi connectivity index (χ1n) is 8.30. The van der Waals surface area contributed by atoms with E-state index in [4.69, 9.17) is 4.74 Å². The van der Waals surface area contributed by atoms with Crippen molar-refractivity contribution in [2.45, 2.75) is 80.9 Å². The summed E-state index contributed by atoms with van der Waals surface area (Å²) >= 11 is 0. The van der Waals surface area contributed by atoms with Crippen LogP contribution in [0.5, 0.6) is 0 Å². The van der Waals surface area contributed by atoms with Gasteiger partial charge in [0.2, 0.25) is 0 Å². The monoisotopic (exact) mass is 313 g/mol. The highest BCUT2D eigenvalue weighted by molar-refractivity contribution is 5.68. The lowest BCUT2D eigenvalue weighted by Crippen LogP contribution is -2.37. The second-order valence-corrected chi connectivity index (χ2v) is 5.41. The van der Waals surface area contributed by atoms with Crippen molar-refractivity contribution in [3.63, 3.8) is 0 Å².